The molecule has 0 radical (unpaired) electrons. The molecule has 0 spiro atoms. The Morgan fingerprint density at radius 2 is 2.15 bits per heavy atom. The molecule has 3 aromatic rings. The molecule has 1 aromatic carbocycles. The van der Waals surface area contributed by atoms with Crippen LogP contribution >= 0.6 is 0 Å². The molecule has 134 valence electrons. The van der Waals surface area contributed by atoms with E-state index in [0.29, 0.717) is 12.3 Å². The zero-order chi connectivity index (χ0) is 18.1. The van der Waals surface area contributed by atoms with Gasteiger partial charge in [0.2, 0.25) is 0 Å². The van der Waals surface area contributed by atoms with Crippen molar-refractivity contribution < 1.29 is 13.9 Å². The Morgan fingerprint density at radius 3 is 2.96 bits per heavy atom. The van der Waals surface area contributed by atoms with Crippen molar-refractivity contribution in [2.45, 2.75) is 32.4 Å². The standard InChI is InChI=1S/C20H21N3O3/c1-13(9-10-14-6-5-11-25-14)21-20(24)18-16-12-26-17-8-4-3-7-15(17)19(16)23(2)22-18/h3-8,11,13H,9-10,12H2,1-2H3,(H,21,24). The summed E-state index contributed by atoms with van der Waals surface area (Å²) < 4.78 is 12.9. The van der Waals surface area contributed by atoms with Gasteiger partial charge in [-0.15, -0.1) is 0 Å². The first-order chi connectivity index (χ1) is 12.6. The minimum Gasteiger partial charge on any atom is -0.488 e. The lowest BCUT2D eigenvalue weighted by molar-refractivity contribution is 0.0930. The molecule has 6 nitrogen and oxygen atoms in total. The minimum absolute atomic E-state index is 0.0158. The highest BCUT2D eigenvalue weighted by Gasteiger charge is 2.28. The second-order valence-corrected chi connectivity index (χ2v) is 6.58. The van der Waals surface area contributed by atoms with Crippen molar-refractivity contribution in [2.75, 3.05) is 0 Å². The van der Waals surface area contributed by atoms with E-state index in [4.69, 9.17) is 9.15 Å². The Hall–Kier alpha value is -3.02. The van der Waals surface area contributed by atoms with Gasteiger partial charge in [0.1, 0.15) is 18.1 Å². The number of amides is 1. The van der Waals surface area contributed by atoms with E-state index in [1.807, 2.05) is 50.4 Å². The zero-order valence-electron chi connectivity index (χ0n) is 14.9. The Bertz CT molecular complexity index is 928. The van der Waals surface area contributed by atoms with Crippen LogP contribution in [0.15, 0.2) is 47.1 Å². The van der Waals surface area contributed by atoms with Gasteiger partial charge in [0.25, 0.3) is 5.91 Å². The number of carbonyl (C=O) groups is 1. The van der Waals surface area contributed by atoms with E-state index < -0.39 is 0 Å². The van der Waals surface area contributed by atoms with E-state index >= 15 is 0 Å². The molecule has 0 aliphatic carbocycles. The fourth-order valence-corrected chi connectivity index (χ4v) is 3.34. The molecule has 0 saturated carbocycles. The molecule has 1 atom stereocenters. The fraction of sp³-hybridized carbons (Fsp3) is 0.300. The van der Waals surface area contributed by atoms with Crippen LogP contribution in [-0.2, 0) is 20.1 Å². The van der Waals surface area contributed by atoms with E-state index in [0.717, 1.165) is 41.2 Å². The Morgan fingerprint density at radius 1 is 1.31 bits per heavy atom. The molecule has 1 amide bonds. The maximum absolute atomic E-state index is 12.7. The Balaban J connectivity index is 1.51. The normalized spacial score (nSPS) is 13.5. The van der Waals surface area contributed by atoms with Crippen LogP contribution in [0.3, 0.4) is 0 Å². The Kier molecular flexibility index (Phi) is 4.24. The number of para-hydroxylation sites is 1. The molecule has 26 heavy (non-hydrogen) atoms. The van der Waals surface area contributed by atoms with Gasteiger partial charge in [0, 0.05) is 30.6 Å². The van der Waals surface area contributed by atoms with Crippen molar-refractivity contribution in [2.24, 2.45) is 7.05 Å². The van der Waals surface area contributed by atoms with Crippen molar-refractivity contribution in [1.82, 2.24) is 15.1 Å². The molecule has 0 bridgehead atoms. The number of aromatic nitrogens is 2. The molecule has 0 fully saturated rings. The number of furan rings is 1. The van der Waals surface area contributed by atoms with Gasteiger partial charge in [-0.2, -0.15) is 5.10 Å². The number of aryl methyl sites for hydroxylation is 2. The lowest BCUT2D eigenvalue weighted by atomic mass is 10.0. The highest BCUT2D eigenvalue weighted by Crippen LogP contribution is 2.38. The largest absolute Gasteiger partial charge is 0.488 e. The first-order valence-electron chi connectivity index (χ1n) is 8.75. The second kappa shape index (κ2) is 6.71. The highest BCUT2D eigenvalue weighted by molar-refractivity contribution is 5.96. The number of carbonyl (C=O) groups excluding carboxylic acids is 1. The number of fused-ring (bicyclic) bond motifs is 3. The molecular formula is C20H21N3O3. The summed E-state index contributed by atoms with van der Waals surface area (Å²) in [7, 11) is 1.86. The molecule has 1 unspecified atom stereocenters. The van der Waals surface area contributed by atoms with E-state index in [1.54, 1.807) is 10.9 Å². The zero-order valence-corrected chi connectivity index (χ0v) is 14.9. The predicted molar refractivity (Wildman–Crippen MR) is 96.9 cm³/mol. The maximum Gasteiger partial charge on any atom is 0.272 e. The van der Waals surface area contributed by atoms with Crippen LogP contribution in [0.25, 0.3) is 11.3 Å². The summed E-state index contributed by atoms with van der Waals surface area (Å²) in [6.45, 7) is 2.34. The van der Waals surface area contributed by atoms with Crippen LogP contribution in [0.2, 0.25) is 0 Å². The van der Waals surface area contributed by atoms with Crippen molar-refractivity contribution in [3.05, 3.63) is 59.7 Å². The Labute approximate surface area is 151 Å². The molecular weight excluding hydrogens is 330 g/mol. The lowest BCUT2D eigenvalue weighted by Crippen LogP contribution is -2.34. The summed E-state index contributed by atoms with van der Waals surface area (Å²) in [5.74, 6) is 1.57. The van der Waals surface area contributed by atoms with Crippen molar-refractivity contribution in [1.29, 1.82) is 0 Å². The number of benzene rings is 1. The number of ether oxygens (including phenoxy) is 1. The quantitative estimate of drug-likeness (QED) is 0.765. The fourth-order valence-electron chi connectivity index (χ4n) is 3.34. The van der Waals surface area contributed by atoms with Gasteiger partial charge in [0.05, 0.1) is 12.0 Å². The van der Waals surface area contributed by atoms with Gasteiger partial charge in [-0.1, -0.05) is 12.1 Å². The molecule has 1 aliphatic rings. The third-order valence-electron chi connectivity index (χ3n) is 4.66. The van der Waals surface area contributed by atoms with Gasteiger partial charge in [-0.3, -0.25) is 9.48 Å². The smallest absolute Gasteiger partial charge is 0.272 e. The topological polar surface area (TPSA) is 69.3 Å². The van der Waals surface area contributed by atoms with E-state index in [2.05, 4.69) is 10.4 Å². The first kappa shape index (κ1) is 16.4. The van der Waals surface area contributed by atoms with Gasteiger partial charge in [0.15, 0.2) is 5.69 Å². The van der Waals surface area contributed by atoms with Gasteiger partial charge < -0.3 is 14.5 Å². The van der Waals surface area contributed by atoms with Gasteiger partial charge >= 0.3 is 0 Å². The SMILES string of the molecule is CC(CCc1ccco1)NC(=O)c1nn(C)c2c1COc1ccccc1-2. The molecule has 3 heterocycles. The monoisotopic (exact) mass is 351 g/mol. The summed E-state index contributed by atoms with van der Waals surface area (Å²) in [4.78, 5) is 12.7. The number of rotatable bonds is 5. The maximum atomic E-state index is 12.7. The second-order valence-electron chi connectivity index (χ2n) is 6.58. The first-order valence-corrected chi connectivity index (χ1v) is 8.75. The third-order valence-corrected chi connectivity index (χ3v) is 4.66. The summed E-state index contributed by atoms with van der Waals surface area (Å²) in [5, 5.41) is 7.49. The number of hydrogen-bond acceptors (Lipinski definition) is 4. The number of hydrogen-bond donors (Lipinski definition) is 1. The van der Waals surface area contributed by atoms with Crippen LogP contribution in [0.4, 0.5) is 0 Å². The van der Waals surface area contributed by atoms with Crippen LogP contribution in [0.5, 0.6) is 5.75 Å². The van der Waals surface area contributed by atoms with E-state index in [1.165, 1.54) is 0 Å². The average molecular weight is 351 g/mol. The van der Waals surface area contributed by atoms with Crippen molar-refractivity contribution >= 4 is 5.91 Å². The minimum atomic E-state index is -0.170. The molecule has 4 rings (SSSR count). The number of nitrogens with zero attached hydrogens (tertiary/aromatic N) is 2. The van der Waals surface area contributed by atoms with Crippen LogP contribution in [0.1, 0.15) is 35.2 Å². The molecule has 0 saturated heterocycles. The van der Waals surface area contributed by atoms with Crippen molar-refractivity contribution in [3.63, 3.8) is 0 Å². The van der Waals surface area contributed by atoms with E-state index in [9.17, 15) is 4.79 Å². The van der Waals surface area contributed by atoms with Crippen LogP contribution < -0.4 is 10.1 Å². The number of nitrogens with one attached hydrogen (secondary N) is 1. The lowest BCUT2D eigenvalue weighted by Gasteiger charge is -2.19. The van der Waals surface area contributed by atoms with Crippen molar-refractivity contribution in [3.8, 4) is 17.0 Å². The summed E-state index contributed by atoms with van der Waals surface area (Å²) in [6, 6.07) is 11.6. The molecule has 6 heteroatoms. The predicted octanol–water partition coefficient (Wildman–Crippen LogP) is 3.32. The summed E-state index contributed by atoms with van der Waals surface area (Å²) in [6.07, 6.45) is 3.25. The summed E-state index contributed by atoms with van der Waals surface area (Å²) in [5.41, 5.74) is 3.18. The summed E-state index contributed by atoms with van der Waals surface area (Å²) >= 11 is 0. The van der Waals surface area contributed by atoms with E-state index in [-0.39, 0.29) is 11.9 Å². The molecule has 1 aliphatic heterocycles. The van der Waals surface area contributed by atoms with Crippen LogP contribution in [-0.4, -0.2) is 21.7 Å². The third kappa shape index (κ3) is 2.98. The highest BCUT2D eigenvalue weighted by atomic mass is 16.5. The van der Waals surface area contributed by atoms with Gasteiger partial charge in [-0.25, -0.2) is 0 Å². The molecule has 1 N–H and O–H groups in total. The average Bonchev–Trinajstić information content (AvgIpc) is 3.28. The molecule has 2 aromatic heterocycles. The van der Waals surface area contributed by atoms with Crippen LogP contribution in [0, 0.1) is 0 Å². The van der Waals surface area contributed by atoms with Gasteiger partial charge in [-0.05, 0) is 37.6 Å².